The maximum atomic E-state index is 12.2. The lowest BCUT2D eigenvalue weighted by Crippen LogP contribution is -2.44. The van der Waals surface area contributed by atoms with Gasteiger partial charge >= 0.3 is 0 Å². The van der Waals surface area contributed by atoms with Crippen LogP contribution < -0.4 is 10.5 Å². The van der Waals surface area contributed by atoms with Crippen molar-refractivity contribution in [3.8, 4) is 0 Å². The molecular weight excluding hydrogens is 332 g/mol. The molecule has 1 aliphatic heterocycles. The molecule has 1 saturated heterocycles. The Bertz CT molecular complexity index is 657. The molecule has 1 aromatic rings. The molecule has 24 heavy (non-hydrogen) atoms. The van der Waals surface area contributed by atoms with Crippen molar-refractivity contribution >= 4 is 16.0 Å². The van der Waals surface area contributed by atoms with Gasteiger partial charge in [-0.3, -0.25) is 0 Å². The second kappa shape index (κ2) is 8.97. The molecule has 0 unspecified atom stereocenters. The zero-order valence-corrected chi connectivity index (χ0v) is 14.6. The lowest BCUT2D eigenvalue weighted by atomic mass is 10.2. The van der Waals surface area contributed by atoms with Crippen molar-refractivity contribution in [2.45, 2.75) is 11.4 Å². The molecule has 0 amide bonds. The third kappa shape index (κ3) is 5.45. The van der Waals surface area contributed by atoms with Crippen LogP contribution in [0, 0.1) is 0 Å². The van der Waals surface area contributed by atoms with Gasteiger partial charge in [0.05, 0.1) is 31.3 Å². The van der Waals surface area contributed by atoms with E-state index in [0.717, 1.165) is 5.56 Å². The van der Waals surface area contributed by atoms with E-state index in [4.69, 9.17) is 15.2 Å². The first-order valence-electron chi connectivity index (χ1n) is 7.73. The van der Waals surface area contributed by atoms with Crippen LogP contribution in [-0.2, 0) is 26.0 Å². The summed E-state index contributed by atoms with van der Waals surface area (Å²) in [5, 5.41) is 0. The van der Waals surface area contributed by atoms with E-state index >= 15 is 0 Å². The molecule has 0 aliphatic carbocycles. The predicted molar refractivity (Wildman–Crippen MR) is 91.2 cm³/mol. The summed E-state index contributed by atoms with van der Waals surface area (Å²) < 4.78 is 37.0. The minimum atomic E-state index is -3.55. The van der Waals surface area contributed by atoms with Crippen LogP contribution in [0.25, 0.3) is 0 Å². The Morgan fingerprint density at radius 1 is 1.42 bits per heavy atom. The number of rotatable bonds is 7. The molecule has 0 atom stereocenters. The number of hydrogen-bond donors (Lipinski definition) is 2. The number of benzene rings is 1. The highest BCUT2D eigenvalue weighted by Gasteiger charge is 2.14. The average molecular weight is 356 g/mol. The first kappa shape index (κ1) is 18.7. The fourth-order valence-electron chi connectivity index (χ4n) is 2.24. The van der Waals surface area contributed by atoms with Gasteiger partial charge in [-0.25, -0.2) is 18.1 Å². The Hall–Kier alpha value is -1.68. The van der Waals surface area contributed by atoms with Crippen molar-refractivity contribution in [2.75, 3.05) is 46.6 Å². The Labute approximate surface area is 142 Å². The molecule has 0 aromatic heterocycles. The van der Waals surface area contributed by atoms with Gasteiger partial charge in [-0.15, -0.1) is 0 Å². The van der Waals surface area contributed by atoms with Gasteiger partial charge in [0.25, 0.3) is 0 Å². The fourth-order valence-corrected chi connectivity index (χ4v) is 3.32. The molecule has 0 spiro atoms. The van der Waals surface area contributed by atoms with E-state index in [1.807, 2.05) is 11.0 Å². The molecule has 134 valence electrons. The smallest absolute Gasteiger partial charge is 0.240 e. The van der Waals surface area contributed by atoms with E-state index in [2.05, 4.69) is 9.71 Å². The highest BCUT2D eigenvalue weighted by molar-refractivity contribution is 7.89. The number of methoxy groups -OCH3 is 1. The number of sulfonamides is 1. The maximum Gasteiger partial charge on any atom is 0.240 e. The minimum absolute atomic E-state index is 0.205. The highest BCUT2D eigenvalue weighted by Crippen LogP contribution is 2.12. The summed E-state index contributed by atoms with van der Waals surface area (Å²) in [5.41, 5.74) is 6.76. The molecule has 8 nitrogen and oxygen atoms in total. The van der Waals surface area contributed by atoms with Crippen LogP contribution in [0.2, 0.25) is 0 Å². The van der Waals surface area contributed by atoms with E-state index in [1.54, 1.807) is 18.2 Å². The number of hydrogen-bond acceptors (Lipinski definition) is 5. The summed E-state index contributed by atoms with van der Waals surface area (Å²) in [4.78, 5) is 6.51. The van der Waals surface area contributed by atoms with Crippen molar-refractivity contribution in [2.24, 2.45) is 10.7 Å². The summed E-state index contributed by atoms with van der Waals surface area (Å²) >= 11 is 0. The van der Waals surface area contributed by atoms with Gasteiger partial charge in [0, 0.05) is 26.7 Å². The molecule has 0 bridgehead atoms. The maximum absolute atomic E-state index is 12.2. The summed E-state index contributed by atoms with van der Waals surface area (Å²) in [6, 6.07) is 6.67. The summed E-state index contributed by atoms with van der Waals surface area (Å²) in [6.45, 7) is 3.57. The normalized spacial score (nSPS) is 16.4. The molecular formula is C15H24N4O4S. The van der Waals surface area contributed by atoms with E-state index in [1.165, 1.54) is 7.11 Å². The second-order valence-corrected chi connectivity index (χ2v) is 7.08. The average Bonchev–Trinajstić information content (AvgIpc) is 2.61. The third-order valence-corrected chi connectivity index (χ3v) is 5.02. The Morgan fingerprint density at radius 3 is 2.88 bits per heavy atom. The number of nitrogens with two attached hydrogens (primary N) is 1. The van der Waals surface area contributed by atoms with Gasteiger partial charge in [-0.2, -0.15) is 0 Å². The second-order valence-electron chi connectivity index (χ2n) is 5.31. The quantitative estimate of drug-likeness (QED) is 0.397. The van der Waals surface area contributed by atoms with E-state index in [9.17, 15) is 8.42 Å². The highest BCUT2D eigenvalue weighted by atomic mass is 32.2. The van der Waals surface area contributed by atoms with Crippen LogP contribution in [0.4, 0.5) is 0 Å². The number of ether oxygens (including phenoxy) is 2. The van der Waals surface area contributed by atoms with Gasteiger partial charge in [0.2, 0.25) is 10.0 Å². The topological polar surface area (TPSA) is 106 Å². The van der Waals surface area contributed by atoms with Crippen LogP contribution in [0.15, 0.2) is 34.2 Å². The summed E-state index contributed by atoms with van der Waals surface area (Å²) in [6.07, 6.45) is 0. The molecule has 9 heteroatoms. The molecule has 1 aliphatic rings. The van der Waals surface area contributed by atoms with Gasteiger partial charge in [-0.05, 0) is 17.7 Å². The van der Waals surface area contributed by atoms with E-state index < -0.39 is 10.0 Å². The zero-order valence-electron chi connectivity index (χ0n) is 13.8. The Morgan fingerprint density at radius 2 is 2.17 bits per heavy atom. The van der Waals surface area contributed by atoms with Crippen LogP contribution in [0.3, 0.4) is 0 Å². The van der Waals surface area contributed by atoms with Crippen molar-refractivity contribution in [1.29, 1.82) is 0 Å². The van der Waals surface area contributed by atoms with Crippen LogP contribution in [-0.4, -0.2) is 65.8 Å². The van der Waals surface area contributed by atoms with Gasteiger partial charge in [-0.1, -0.05) is 12.1 Å². The van der Waals surface area contributed by atoms with Crippen LogP contribution in [0.5, 0.6) is 0 Å². The van der Waals surface area contributed by atoms with Crippen molar-refractivity contribution in [1.82, 2.24) is 9.62 Å². The zero-order chi connectivity index (χ0) is 17.4. The standard InChI is InChI=1S/C15H24N4O4S/c1-22-8-5-18-24(20,21)14-4-2-3-13(11-14)12-17-15(16)19-6-9-23-10-7-19/h2-4,11,18H,5-10,12H2,1H3,(H2,16,17). The van der Waals surface area contributed by atoms with Crippen molar-refractivity contribution < 1.29 is 17.9 Å². The lowest BCUT2D eigenvalue weighted by Gasteiger charge is -2.27. The summed E-state index contributed by atoms with van der Waals surface area (Å²) in [7, 11) is -2.03. The van der Waals surface area contributed by atoms with Gasteiger partial charge < -0.3 is 20.1 Å². The number of nitrogens with one attached hydrogen (secondary N) is 1. The molecule has 2 rings (SSSR count). The minimum Gasteiger partial charge on any atom is -0.383 e. The number of aliphatic imine (C=N–C) groups is 1. The first-order chi connectivity index (χ1) is 11.5. The van der Waals surface area contributed by atoms with Crippen LogP contribution in [0.1, 0.15) is 5.56 Å². The van der Waals surface area contributed by atoms with Gasteiger partial charge in [0.15, 0.2) is 5.96 Å². The molecule has 0 radical (unpaired) electrons. The molecule has 1 heterocycles. The van der Waals surface area contributed by atoms with Crippen molar-refractivity contribution in [3.05, 3.63) is 29.8 Å². The number of morpholine rings is 1. The SMILES string of the molecule is COCCNS(=O)(=O)c1cccc(CN=C(N)N2CCOCC2)c1. The monoisotopic (exact) mass is 356 g/mol. The third-order valence-electron chi connectivity index (χ3n) is 3.57. The van der Waals surface area contributed by atoms with E-state index in [0.29, 0.717) is 45.4 Å². The lowest BCUT2D eigenvalue weighted by molar-refractivity contribution is 0.0674. The first-order valence-corrected chi connectivity index (χ1v) is 9.21. The molecule has 1 fully saturated rings. The van der Waals surface area contributed by atoms with Crippen LogP contribution >= 0.6 is 0 Å². The Balaban J connectivity index is 2.01. The number of nitrogens with zero attached hydrogens (tertiary/aromatic N) is 2. The molecule has 3 N–H and O–H groups in total. The number of guanidine groups is 1. The molecule has 0 saturated carbocycles. The van der Waals surface area contributed by atoms with Crippen molar-refractivity contribution in [3.63, 3.8) is 0 Å². The van der Waals surface area contributed by atoms with E-state index in [-0.39, 0.29) is 11.4 Å². The molecule has 1 aromatic carbocycles. The summed E-state index contributed by atoms with van der Waals surface area (Å²) in [5.74, 6) is 0.449. The largest absolute Gasteiger partial charge is 0.383 e. The van der Waals surface area contributed by atoms with Gasteiger partial charge in [0.1, 0.15) is 0 Å². The fraction of sp³-hybridized carbons (Fsp3) is 0.533. The predicted octanol–water partition coefficient (Wildman–Crippen LogP) is -0.242. The Kier molecular flexibility index (Phi) is 6.98.